The molecule has 1 aromatic heterocycles. The number of thioether (sulfide) groups is 1. The highest BCUT2D eigenvalue weighted by atomic mass is 35.5. The molecule has 0 aliphatic carbocycles. The summed E-state index contributed by atoms with van der Waals surface area (Å²) < 4.78 is 35.6. The minimum Gasteiger partial charge on any atom is -0.488 e. The van der Waals surface area contributed by atoms with E-state index in [9.17, 15) is 13.9 Å². The van der Waals surface area contributed by atoms with Crippen LogP contribution < -0.4 is 4.74 Å². The van der Waals surface area contributed by atoms with Gasteiger partial charge >= 0.3 is 0 Å². The molecular weight excluding hydrogens is 549 g/mol. The molecule has 38 heavy (non-hydrogen) atoms. The van der Waals surface area contributed by atoms with Crippen molar-refractivity contribution in [3.8, 4) is 11.4 Å². The van der Waals surface area contributed by atoms with Crippen LogP contribution in [-0.4, -0.2) is 26.9 Å². The van der Waals surface area contributed by atoms with Gasteiger partial charge in [-0.25, -0.2) is 13.8 Å². The fourth-order valence-electron chi connectivity index (χ4n) is 3.90. The molecule has 0 spiro atoms. The van der Waals surface area contributed by atoms with E-state index in [0.717, 1.165) is 22.5 Å². The first kappa shape index (κ1) is 28.4. The van der Waals surface area contributed by atoms with Gasteiger partial charge in [0.05, 0.1) is 27.5 Å². The smallest absolute Gasteiger partial charge is 0.173 e. The van der Waals surface area contributed by atoms with E-state index in [2.05, 4.69) is 13.8 Å². The van der Waals surface area contributed by atoms with Gasteiger partial charge in [-0.2, -0.15) is 0 Å². The molecule has 1 N–H and O–H groups in total. The number of halogens is 4. The molecule has 3 aromatic carbocycles. The standard InChI is InChI=1S/C29H28Cl2F2N2O2S/c1-28(2,36)17-37-25-13-18(5-12-24(25)33)16-38-27-34-15-26(35(27)21-9-7-20(32)8-10-21)29(3,4)19-6-11-22(30)23(31)14-19/h5-15,36H,16-17H2,1-4H3. The van der Waals surface area contributed by atoms with E-state index in [4.69, 9.17) is 32.9 Å². The summed E-state index contributed by atoms with van der Waals surface area (Å²) >= 11 is 13.9. The molecule has 4 aromatic rings. The van der Waals surface area contributed by atoms with Crippen molar-refractivity contribution in [1.82, 2.24) is 9.55 Å². The second kappa shape index (κ2) is 11.3. The van der Waals surface area contributed by atoms with Crippen LogP contribution in [-0.2, 0) is 11.2 Å². The summed E-state index contributed by atoms with van der Waals surface area (Å²) in [7, 11) is 0. The second-order valence-corrected chi connectivity index (χ2v) is 11.9. The predicted octanol–water partition coefficient (Wildman–Crippen LogP) is 8.23. The molecule has 0 radical (unpaired) electrons. The third-order valence-corrected chi connectivity index (χ3v) is 7.80. The Hall–Kier alpha value is -2.58. The zero-order chi connectivity index (χ0) is 27.7. The maximum absolute atomic E-state index is 14.3. The van der Waals surface area contributed by atoms with Gasteiger partial charge in [0.15, 0.2) is 16.7 Å². The molecule has 0 atom stereocenters. The summed E-state index contributed by atoms with van der Waals surface area (Å²) in [6.45, 7) is 7.27. The summed E-state index contributed by atoms with van der Waals surface area (Å²) in [5.74, 6) is -0.280. The second-order valence-electron chi connectivity index (χ2n) is 10.1. The van der Waals surface area contributed by atoms with E-state index >= 15 is 0 Å². The van der Waals surface area contributed by atoms with Gasteiger partial charge in [-0.3, -0.25) is 4.57 Å². The molecule has 200 valence electrons. The number of aliphatic hydroxyl groups is 1. The molecule has 4 nitrogen and oxygen atoms in total. The first-order chi connectivity index (χ1) is 17.8. The van der Waals surface area contributed by atoms with Gasteiger partial charge in [0.1, 0.15) is 12.4 Å². The molecule has 0 amide bonds. The van der Waals surface area contributed by atoms with Crippen LogP contribution in [0, 0.1) is 11.6 Å². The Labute approximate surface area is 235 Å². The molecule has 0 aliphatic heterocycles. The molecule has 4 rings (SSSR count). The number of hydrogen-bond acceptors (Lipinski definition) is 4. The number of benzene rings is 3. The topological polar surface area (TPSA) is 47.3 Å². The van der Waals surface area contributed by atoms with E-state index in [1.54, 1.807) is 50.4 Å². The van der Waals surface area contributed by atoms with Crippen molar-refractivity contribution < 1.29 is 18.6 Å². The monoisotopic (exact) mass is 576 g/mol. The number of imidazole rings is 1. The molecule has 0 bridgehead atoms. The van der Waals surface area contributed by atoms with Crippen molar-refractivity contribution in [3.63, 3.8) is 0 Å². The van der Waals surface area contributed by atoms with Gasteiger partial charge in [0.2, 0.25) is 0 Å². The number of ether oxygens (including phenoxy) is 1. The summed E-state index contributed by atoms with van der Waals surface area (Å²) in [5, 5.41) is 11.5. The highest BCUT2D eigenvalue weighted by molar-refractivity contribution is 7.98. The fraction of sp³-hybridized carbons (Fsp3) is 0.276. The summed E-state index contributed by atoms with van der Waals surface area (Å²) in [6.07, 6.45) is 1.80. The highest BCUT2D eigenvalue weighted by Crippen LogP contribution is 2.38. The molecule has 0 unspecified atom stereocenters. The lowest BCUT2D eigenvalue weighted by Gasteiger charge is -2.28. The molecule has 0 saturated heterocycles. The molecule has 9 heteroatoms. The third kappa shape index (κ3) is 6.52. The van der Waals surface area contributed by atoms with E-state index in [0.29, 0.717) is 21.0 Å². The Bertz CT molecular complexity index is 1430. The normalized spacial score (nSPS) is 12.1. The summed E-state index contributed by atoms with van der Waals surface area (Å²) in [5.41, 5.74) is 1.78. The van der Waals surface area contributed by atoms with Crippen LogP contribution in [0.2, 0.25) is 10.0 Å². The Morgan fingerprint density at radius 2 is 1.66 bits per heavy atom. The van der Waals surface area contributed by atoms with Gasteiger partial charge in [0.25, 0.3) is 0 Å². The average molecular weight is 578 g/mol. The minimum absolute atomic E-state index is 0.0390. The van der Waals surface area contributed by atoms with Crippen LogP contribution in [0.25, 0.3) is 5.69 Å². The Morgan fingerprint density at radius 3 is 2.32 bits per heavy atom. The molecule has 1 heterocycles. The van der Waals surface area contributed by atoms with Crippen LogP contribution >= 0.6 is 35.0 Å². The zero-order valence-electron chi connectivity index (χ0n) is 21.4. The SMILES string of the molecule is CC(C)(O)COc1cc(CSc2ncc(C(C)(C)c3ccc(Cl)c(Cl)c3)n2-c2ccc(F)cc2)ccc1F. The van der Waals surface area contributed by atoms with Crippen molar-refractivity contribution >= 4 is 35.0 Å². The number of hydrogen-bond donors (Lipinski definition) is 1. The maximum Gasteiger partial charge on any atom is 0.173 e. The van der Waals surface area contributed by atoms with Gasteiger partial charge in [-0.1, -0.05) is 60.9 Å². The van der Waals surface area contributed by atoms with Crippen molar-refractivity contribution in [2.75, 3.05) is 6.61 Å². The quantitative estimate of drug-likeness (QED) is 0.204. The lowest BCUT2D eigenvalue weighted by atomic mass is 9.81. The number of rotatable bonds is 9. The van der Waals surface area contributed by atoms with Gasteiger partial charge in [0, 0.05) is 16.9 Å². The molecular formula is C29H28Cl2F2N2O2S. The van der Waals surface area contributed by atoms with Crippen LogP contribution in [0.4, 0.5) is 8.78 Å². The fourth-order valence-corrected chi connectivity index (χ4v) is 5.13. The Balaban J connectivity index is 1.68. The van der Waals surface area contributed by atoms with Crippen LogP contribution in [0.1, 0.15) is 44.5 Å². The molecule has 0 fully saturated rings. The first-order valence-corrected chi connectivity index (χ1v) is 13.7. The van der Waals surface area contributed by atoms with Crippen molar-refractivity contribution in [3.05, 3.63) is 105 Å². The van der Waals surface area contributed by atoms with E-state index < -0.39 is 16.8 Å². The summed E-state index contributed by atoms with van der Waals surface area (Å²) in [4.78, 5) is 4.71. The average Bonchev–Trinajstić information content (AvgIpc) is 3.29. The lowest BCUT2D eigenvalue weighted by Crippen LogP contribution is -2.28. The zero-order valence-corrected chi connectivity index (χ0v) is 23.8. The predicted molar refractivity (Wildman–Crippen MR) is 150 cm³/mol. The molecule has 0 aliphatic rings. The van der Waals surface area contributed by atoms with E-state index in [1.807, 2.05) is 16.7 Å². The lowest BCUT2D eigenvalue weighted by molar-refractivity contribution is 0.0271. The first-order valence-electron chi connectivity index (χ1n) is 11.9. The van der Waals surface area contributed by atoms with Crippen molar-refractivity contribution in [2.45, 2.75) is 49.6 Å². The van der Waals surface area contributed by atoms with Crippen LogP contribution in [0.3, 0.4) is 0 Å². The summed E-state index contributed by atoms with van der Waals surface area (Å²) in [6, 6.07) is 16.4. The van der Waals surface area contributed by atoms with Crippen molar-refractivity contribution in [2.24, 2.45) is 0 Å². The molecule has 0 saturated carbocycles. The maximum atomic E-state index is 14.3. The third-order valence-electron chi connectivity index (χ3n) is 6.04. The van der Waals surface area contributed by atoms with E-state index in [-0.39, 0.29) is 18.2 Å². The van der Waals surface area contributed by atoms with Crippen LogP contribution in [0.5, 0.6) is 5.75 Å². The largest absolute Gasteiger partial charge is 0.488 e. The van der Waals surface area contributed by atoms with Gasteiger partial charge in [-0.15, -0.1) is 0 Å². The Morgan fingerprint density at radius 1 is 0.947 bits per heavy atom. The van der Waals surface area contributed by atoms with Gasteiger partial charge in [-0.05, 0) is 73.5 Å². The van der Waals surface area contributed by atoms with Crippen LogP contribution in [0.15, 0.2) is 72.0 Å². The number of aromatic nitrogens is 2. The van der Waals surface area contributed by atoms with Gasteiger partial charge < -0.3 is 9.84 Å². The minimum atomic E-state index is -1.09. The van der Waals surface area contributed by atoms with E-state index in [1.165, 1.54) is 30.0 Å². The highest BCUT2D eigenvalue weighted by Gasteiger charge is 2.30. The number of nitrogens with zero attached hydrogens (tertiary/aromatic N) is 2. The Kier molecular flexibility index (Phi) is 8.43. The van der Waals surface area contributed by atoms with Crippen molar-refractivity contribution in [1.29, 1.82) is 0 Å².